The molecule has 0 aromatic heterocycles. The van der Waals surface area contributed by atoms with Crippen molar-refractivity contribution < 1.29 is 4.74 Å². The summed E-state index contributed by atoms with van der Waals surface area (Å²) in [6, 6.07) is 0.871. The second-order valence-electron chi connectivity index (χ2n) is 5.91. The van der Waals surface area contributed by atoms with Crippen LogP contribution in [0.2, 0.25) is 0 Å². The number of hydrogen-bond donors (Lipinski definition) is 0. The van der Waals surface area contributed by atoms with Crippen molar-refractivity contribution in [1.82, 2.24) is 9.80 Å². The van der Waals surface area contributed by atoms with Crippen molar-refractivity contribution in [2.45, 2.75) is 50.7 Å². The fourth-order valence-electron chi connectivity index (χ4n) is 3.62. The third-order valence-corrected chi connectivity index (χ3v) is 4.71. The van der Waals surface area contributed by atoms with Gasteiger partial charge in [-0.15, -0.1) is 0 Å². The number of hydrogen-bond acceptors (Lipinski definition) is 3. The van der Waals surface area contributed by atoms with Gasteiger partial charge >= 0.3 is 0 Å². The van der Waals surface area contributed by atoms with Crippen LogP contribution in [0.3, 0.4) is 0 Å². The minimum absolute atomic E-state index is 0.561. The van der Waals surface area contributed by atoms with Crippen molar-refractivity contribution >= 4 is 0 Å². The molecule has 0 spiro atoms. The molecule has 0 aliphatic carbocycles. The molecule has 0 amide bonds. The molecular formula is C14H26N2O. The predicted molar refractivity (Wildman–Crippen MR) is 69.2 cm³/mol. The van der Waals surface area contributed by atoms with E-state index in [4.69, 9.17) is 4.74 Å². The van der Waals surface area contributed by atoms with Gasteiger partial charge in [-0.05, 0) is 45.1 Å². The molecule has 0 aromatic rings. The average molecular weight is 238 g/mol. The largest absolute Gasteiger partial charge is 0.378 e. The number of nitrogens with zero attached hydrogens (tertiary/aromatic N) is 2. The van der Waals surface area contributed by atoms with Gasteiger partial charge in [-0.25, -0.2) is 0 Å². The zero-order valence-corrected chi connectivity index (χ0v) is 10.9. The maximum absolute atomic E-state index is 5.82. The van der Waals surface area contributed by atoms with E-state index in [0.29, 0.717) is 6.10 Å². The van der Waals surface area contributed by atoms with Crippen molar-refractivity contribution in [2.75, 3.05) is 39.3 Å². The molecule has 2 unspecified atom stereocenters. The summed E-state index contributed by atoms with van der Waals surface area (Å²) < 4.78 is 5.82. The Labute approximate surface area is 105 Å². The Morgan fingerprint density at radius 2 is 2.00 bits per heavy atom. The second kappa shape index (κ2) is 5.68. The van der Waals surface area contributed by atoms with Crippen LogP contribution in [0, 0.1) is 0 Å². The molecule has 0 aromatic carbocycles. The van der Waals surface area contributed by atoms with Gasteiger partial charge in [0.15, 0.2) is 0 Å². The van der Waals surface area contributed by atoms with Crippen LogP contribution in [-0.2, 0) is 4.74 Å². The first kappa shape index (κ1) is 11.9. The molecule has 3 saturated heterocycles. The van der Waals surface area contributed by atoms with E-state index in [1.165, 1.54) is 71.2 Å². The quantitative estimate of drug-likeness (QED) is 0.744. The maximum Gasteiger partial charge on any atom is 0.0587 e. The van der Waals surface area contributed by atoms with Gasteiger partial charge in [0.25, 0.3) is 0 Å². The summed E-state index contributed by atoms with van der Waals surface area (Å²) in [4.78, 5) is 5.36. The molecule has 17 heavy (non-hydrogen) atoms. The summed E-state index contributed by atoms with van der Waals surface area (Å²) in [6.45, 7) is 7.51. The Hall–Kier alpha value is -0.120. The van der Waals surface area contributed by atoms with Crippen molar-refractivity contribution in [2.24, 2.45) is 0 Å². The minimum atomic E-state index is 0.561. The highest BCUT2D eigenvalue weighted by Crippen LogP contribution is 2.22. The molecule has 98 valence electrons. The Bertz CT molecular complexity index is 240. The molecule has 3 heteroatoms. The standard InChI is InChI=1S/C14H26N2O/c1-2-11-17-14(5-1)6-8-15-9-10-16-7-3-4-13(16)12-15/h13-14H,1-12H2. The van der Waals surface area contributed by atoms with Crippen LogP contribution in [0.15, 0.2) is 0 Å². The molecule has 3 rings (SSSR count). The normalized spacial score (nSPS) is 36.0. The van der Waals surface area contributed by atoms with E-state index in [9.17, 15) is 0 Å². The lowest BCUT2D eigenvalue weighted by atomic mass is 10.1. The highest BCUT2D eigenvalue weighted by atomic mass is 16.5. The van der Waals surface area contributed by atoms with Gasteiger partial charge in [0.1, 0.15) is 0 Å². The van der Waals surface area contributed by atoms with Gasteiger partial charge in [-0.3, -0.25) is 4.90 Å². The molecule has 0 saturated carbocycles. The number of fused-ring (bicyclic) bond motifs is 1. The van der Waals surface area contributed by atoms with Crippen LogP contribution in [0.1, 0.15) is 38.5 Å². The Kier molecular flexibility index (Phi) is 3.99. The van der Waals surface area contributed by atoms with Gasteiger partial charge in [0, 0.05) is 38.8 Å². The number of piperazine rings is 1. The minimum Gasteiger partial charge on any atom is -0.378 e. The van der Waals surface area contributed by atoms with Crippen LogP contribution in [0.4, 0.5) is 0 Å². The molecule has 3 aliphatic rings. The first-order valence-electron chi connectivity index (χ1n) is 7.50. The van der Waals surface area contributed by atoms with Crippen molar-refractivity contribution in [3.63, 3.8) is 0 Å². The first-order chi connectivity index (χ1) is 8.42. The van der Waals surface area contributed by atoms with E-state index >= 15 is 0 Å². The second-order valence-corrected chi connectivity index (χ2v) is 5.91. The highest BCUT2D eigenvalue weighted by Gasteiger charge is 2.30. The fraction of sp³-hybridized carbons (Fsp3) is 1.00. The van der Waals surface area contributed by atoms with Crippen molar-refractivity contribution in [3.8, 4) is 0 Å². The van der Waals surface area contributed by atoms with Crippen LogP contribution in [0.5, 0.6) is 0 Å². The third kappa shape index (κ3) is 3.01. The van der Waals surface area contributed by atoms with Crippen LogP contribution in [0.25, 0.3) is 0 Å². The lowest BCUT2D eigenvalue weighted by Gasteiger charge is -2.38. The molecule has 3 fully saturated rings. The topological polar surface area (TPSA) is 15.7 Å². The summed E-state index contributed by atoms with van der Waals surface area (Å²) in [5.41, 5.74) is 0. The summed E-state index contributed by atoms with van der Waals surface area (Å²) >= 11 is 0. The van der Waals surface area contributed by atoms with Gasteiger partial charge in [-0.1, -0.05) is 0 Å². The maximum atomic E-state index is 5.82. The fourth-order valence-corrected chi connectivity index (χ4v) is 3.62. The Morgan fingerprint density at radius 3 is 2.88 bits per heavy atom. The average Bonchev–Trinajstić information content (AvgIpc) is 2.85. The van der Waals surface area contributed by atoms with Crippen LogP contribution >= 0.6 is 0 Å². The molecule has 3 nitrogen and oxygen atoms in total. The first-order valence-corrected chi connectivity index (χ1v) is 7.50. The molecule has 0 bridgehead atoms. The molecule has 0 N–H and O–H groups in total. The van der Waals surface area contributed by atoms with Gasteiger partial charge in [0.2, 0.25) is 0 Å². The number of rotatable bonds is 3. The zero-order chi connectivity index (χ0) is 11.5. The SMILES string of the molecule is C1CCC(CCN2CCN3CCCC3C2)OC1. The van der Waals surface area contributed by atoms with E-state index in [2.05, 4.69) is 9.80 Å². The van der Waals surface area contributed by atoms with Gasteiger partial charge < -0.3 is 9.64 Å². The van der Waals surface area contributed by atoms with E-state index in [1.54, 1.807) is 0 Å². The Balaban J connectivity index is 1.40. The monoisotopic (exact) mass is 238 g/mol. The molecule has 0 radical (unpaired) electrons. The zero-order valence-electron chi connectivity index (χ0n) is 10.9. The van der Waals surface area contributed by atoms with E-state index < -0.39 is 0 Å². The summed E-state index contributed by atoms with van der Waals surface area (Å²) in [6.07, 6.45) is 8.61. The smallest absolute Gasteiger partial charge is 0.0587 e. The third-order valence-electron chi connectivity index (χ3n) is 4.71. The molecule has 2 atom stereocenters. The summed E-state index contributed by atoms with van der Waals surface area (Å²) in [5.74, 6) is 0. The van der Waals surface area contributed by atoms with E-state index in [1.807, 2.05) is 0 Å². The van der Waals surface area contributed by atoms with Gasteiger partial charge in [-0.2, -0.15) is 0 Å². The van der Waals surface area contributed by atoms with Crippen molar-refractivity contribution in [3.05, 3.63) is 0 Å². The molecule has 3 aliphatic heterocycles. The van der Waals surface area contributed by atoms with Gasteiger partial charge in [0.05, 0.1) is 6.10 Å². The summed E-state index contributed by atoms with van der Waals surface area (Å²) in [7, 11) is 0. The number of ether oxygens (including phenoxy) is 1. The van der Waals surface area contributed by atoms with Crippen LogP contribution in [-0.4, -0.2) is 61.3 Å². The lowest BCUT2D eigenvalue weighted by Crippen LogP contribution is -2.50. The van der Waals surface area contributed by atoms with Crippen molar-refractivity contribution in [1.29, 1.82) is 0 Å². The molecule has 3 heterocycles. The molecular weight excluding hydrogens is 212 g/mol. The van der Waals surface area contributed by atoms with Crippen LogP contribution < -0.4 is 0 Å². The summed E-state index contributed by atoms with van der Waals surface area (Å²) in [5, 5.41) is 0. The van der Waals surface area contributed by atoms with E-state index in [-0.39, 0.29) is 0 Å². The predicted octanol–water partition coefficient (Wildman–Crippen LogP) is 1.73. The van der Waals surface area contributed by atoms with E-state index in [0.717, 1.165) is 12.6 Å². The lowest BCUT2D eigenvalue weighted by molar-refractivity contribution is 0.000693. The highest BCUT2D eigenvalue weighted by molar-refractivity contribution is 4.87. The Morgan fingerprint density at radius 1 is 1.00 bits per heavy atom.